The van der Waals surface area contributed by atoms with Gasteiger partial charge >= 0.3 is 0 Å². The second-order valence-corrected chi connectivity index (χ2v) is 5.43. The van der Waals surface area contributed by atoms with Crippen molar-refractivity contribution in [3.8, 4) is 11.3 Å². The fourth-order valence-corrected chi connectivity index (χ4v) is 2.61. The Bertz CT molecular complexity index is 806. The largest absolute Gasteiger partial charge is 0.354 e. The molecule has 3 rings (SSSR count). The fraction of sp³-hybridized carbons (Fsp3) is 0.0625. The molecule has 1 N–H and O–H groups in total. The second-order valence-electron chi connectivity index (χ2n) is 4.51. The Hall–Kier alpha value is -1.87. The molecule has 0 atom stereocenters. The van der Waals surface area contributed by atoms with Crippen molar-refractivity contribution in [3.63, 3.8) is 0 Å². The third-order valence-electron chi connectivity index (χ3n) is 3.26. The van der Waals surface area contributed by atoms with Crippen molar-refractivity contribution in [2.45, 2.75) is 6.92 Å². The first-order valence-electron chi connectivity index (χ1n) is 6.04. The molecule has 0 spiro atoms. The van der Waals surface area contributed by atoms with Gasteiger partial charge in [-0.15, -0.1) is 0 Å². The van der Waals surface area contributed by atoms with Crippen LogP contribution in [0.15, 0.2) is 57.8 Å². The summed E-state index contributed by atoms with van der Waals surface area (Å²) in [7, 11) is 0. The number of benzene rings is 2. The first kappa shape index (κ1) is 12.2. The maximum atomic E-state index is 12.4. The Morgan fingerprint density at radius 1 is 1.05 bits per heavy atom. The van der Waals surface area contributed by atoms with E-state index in [0.29, 0.717) is 5.39 Å². The number of fused-ring (bicyclic) bond motifs is 1. The first-order chi connectivity index (χ1) is 9.16. The summed E-state index contributed by atoms with van der Waals surface area (Å²) in [5, 5.41) is 0.714. The average molecular weight is 314 g/mol. The smallest absolute Gasteiger partial charge is 0.192 e. The van der Waals surface area contributed by atoms with Crippen LogP contribution in [0.1, 0.15) is 5.56 Å². The van der Waals surface area contributed by atoms with E-state index < -0.39 is 0 Å². The summed E-state index contributed by atoms with van der Waals surface area (Å²) in [5.74, 6) is 0. The third kappa shape index (κ3) is 2.10. The van der Waals surface area contributed by atoms with Gasteiger partial charge in [-0.05, 0) is 30.7 Å². The van der Waals surface area contributed by atoms with E-state index in [4.69, 9.17) is 0 Å². The highest BCUT2D eigenvalue weighted by molar-refractivity contribution is 9.10. The highest BCUT2D eigenvalue weighted by atomic mass is 79.9. The Morgan fingerprint density at radius 3 is 2.53 bits per heavy atom. The Balaban J connectivity index is 2.37. The van der Waals surface area contributed by atoms with Gasteiger partial charge in [0.1, 0.15) is 0 Å². The van der Waals surface area contributed by atoms with Crippen molar-refractivity contribution in [3.05, 3.63) is 68.8 Å². The highest BCUT2D eigenvalue weighted by Crippen LogP contribution is 2.23. The molecule has 0 unspecified atom stereocenters. The van der Waals surface area contributed by atoms with E-state index in [-0.39, 0.29) is 5.43 Å². The number of aromatic nitrogens is 1. The van der Waals surface area contributed by atoms with Crippen LogP contribution in [0.4, 0.5) is 0 Å². The maximum Gasteiger partial charge on any atom is 0.192 e. The molecular formula is C16H12BrNO. The Morgan fingerprint density at radius 2 is 1.79 bits per heavy atom. The minimum Gasteiger partial charge on any atom is -0.354 e. The minimum atomic E-state index is 0.0777. The van der Waals surface area contributed by atoms with E-state index in [1.807, 2.05) is 55.5 Å². The van der Waals surface area contributed by atoms with E-state index >= 15 is 0 Å². The minimum absolute atomic E-state index is 0.0777. The molecule has 0 saturated heterocycles. The SMILES string of the molecule is Cc1c(-c2ccccc2)[nH]c2ccc(Br)cc2c1=O. The van der Waals surface area contributed by atoms with Gasteiger partial charge in [0, 0.05) is 20.9 Å². The molecule has 1 heterocycles. The van der Waals surface area contributed by atoms with Gasteiger partial charge in [0.15, 0.2) is 5.43 Å². The van der Waals surface area contributed by atoms with Crippen LogP contribution >= 0.6 is 15.9 Å². The molecule has 0 aliphatic rings. The molecular weight excluding hydrogens is 302 g/mol. The summed E-state index contributed by atoms with van der Waals surface area (Å²) < 4.78 is 0.914. The van der Waals surface area contributed by atoms with Crippen LogP contribution in [-0.2, 0) is 0 Å². The molecule has 94 valence electrons. The molecule has 3 heteroatoms. The predicted molar refractivity (Wildman–Crippen MR) is 82.4 cm³/mol. The summed E-state index contributed by atoms with van der Waals surface area (Å²) in [4.78, 5) is 15.8. The molecule has 0 radical (unpaired) electrons. The number of aromatic amines is 1. The van der Waals surface area contributed by atoms with Gasteiger partial charge in [0.05, 0.1) is 5.69 Å². The summed E-state index contributed by atoms with van der Waals surface area (Å²) in [6.07, 6.45) is 0. The van der Waals surface area contributed by atoms with Crippen LogP contribution in [0.2, 0.25) is 0 Å². The molecule has 19 heavy (non-hydrogen) atoms. The normalized spacial score (nSPS) is 10.8. The van der Waals surface area contributed by atoms with Gasteiger partial charge in [-0.2, -0.15) is 0 Å². The monoisotopic (exact) mass is 313 g/mol. The van der Waals surface area contributed by atoms with Crippen LogP contribution in [0, 0.1) is 6.92 Å². The van der Waals surface area contributed by atoms with Crippen molar-refractivity contribution in [1.82, 2.24) is 4.98 Å². The maximum absolute atomic E-state index is 12.4. The third-order valence-corrected chi connectivity index (χ3v) is 3.76. The highest BCUT2D eigenvalue weighted by Gasteiger charge is 2.09. The number of pyridine rings is 1. The van der Waals surface area contributed by atoms with Crippen LogP contribution in [0.3, 0.4) is 0 Å². The molecule has 0 bridgehead atoms. The van der Waals surface area contributed by atoms with Crippen molar-refractivity contribution in [1.29, 1.82) is 0 Å². The molecule has 0 aliphatic carbocycles. The summed E-state index contributed by atoms with van der Waals surface area (Å²) >= 11 is 3.40. The standard InChI is InChI=1S/C16H12BrNO/c1-10-15(11-5-3-2-4-6-11)18-14-8-7-12(17)9-13(14)16(10)19/h2-9H,1H3,(H,18,19). The summed E-state index contributed by atoms with van der Waals surface area (Å²) in [6, 6.07) is 15.6. The van der Waals surface area contributed by atoms with Crippen molar-refractivity contribution < 1.29 is 0 Å². The number of nitrogens with one attached hydrogen (secondary N) is 1. The predicted octanol–water partition coefficient (Wildman–Crippen LogP) is 4.27. The van der Waals surface area contributed by atoms with Gasteiger partial charge in [0.2, 0.25) is 0 Å². The van der Waals surface area contributed by atoms with Crippen molar-refractivity contribution >= 4 is 26.8 Å². The van der Waals surface area contributed by atoms with Gasteiger partial charge in [-0.25, -0.2) is 0 Å². The average Bonchev–Trinajstić information content (AvgIpc) is 2.44. The molecule has 0 saturated carbocycles. The number of rotatable bonds is 1. The Kier molecular flexibility index (Phi) is 2.99. The van der Waals surface area contributed by atoms with Gasteiger partial charge in [0.25, 0.3) is 0 Å². The summed E-state index contributed by atoms with van der Waals surface area (Å²) in [6.45, 7) is 1.86. The fourth-order valence-electron chi connectivity index (χ4n) is 2.25. The van der Waals surface area contributed by atoms with E-state index in [1.165, 1.54) is 0 Å². The number of hydrogen-bond donors (Lipinski definition) is 1. The van der Waals surface area contributed by atoms with E-state index in [9.17, 15) is 4.79 Å². The lowest BCUT2D eigenvalue weighted by Crippen LogP contribution is -2.09. The Labute approximate surface area is 119 Å². The van der Waals surface area contributed by atoms with E-state index in [0.717, 1.165) is 26.8 Å². The van der Waals surface area contributed by atoms with E-state index in [2.05, 4.69) is 20.9 Å². The van der Waals surface area contributed by atoms with Gasteiger partial charge in [-0.3, -0.25) is 4.79 Å². The zero-order valence-corrected chi connectivity index (χ0v) is 12.0. The number of hydrogen-bond acceptors (Lipinski definition) is 1. The summed E-state index contributed by atoms with van der Waals surface area (Å²) in [5.41, 5.74) is 3.60. The molecule has 2 aromatic carbocycles. The topological polar surface area (TPSA) is 32.9 Å². The lowest BCUT2D eigenvalue weighted by atomic mass is 10.0. The van der Waals surface area contributed by atoms with Crippen LogP contribution in [-0.4, -0.2) is 4.98 Å². The molecule has 0 amide bonds. The lowest BCUT2D eigenvalue weighted by molar-refractivity contribution is 1.30. The zero-order chi connectivity index (χ0) is 13.4. The molecule has 3 aromatic rings. The lowest BCUT2D eigenvalue weighted by Gasteiger charge is -2.08. The van der Waals surface area contributed by atoms with Crippen molar-refractivity contribution in [2.24, 2.45) is 0 Å². The van der Waals surface area contributed by atoms with E-state index in [1.54, 1.807) is 0 Å². The quantitative estimate of drug-likeness (QED) is 0.715. The second kappa shape index (κ2) is 4.67. The van der Waals surface area contributed by atoms with Crippen molar-refractivity contribution in [2.75, 3.05) is 0 Å². The van der Waals surface area contributed by atoms with Crippen LogP contribution in [0.5, 0.6) is 0 Å². The van der Waals surface area contributed by atoms with Crippen LogP contribution in [0.25, 0.3) is 22.2 Å². The van der Waals surface area contributed by atoms with Gasteiger partial charge < -0.3 is 4.98 Å². The number of H-pyrrole nitrogens is 1. The molecule has 0 aliphatic heterocycles. The zero-order valence-electron chi connectivity index (χ0n) is 10.4. The molecule has 2 nitrogen and oxygen atoms in total. The van der Waals surface area contributed by atoms with Gasteiger partial charge in [-0.1, -0.05) is 46.3 Å². The molecule has 0 fully saturated rings. The molecule has 1 aromatic heterocycles. The first-order valence-corrected chi connectivity index (χ1v) is 6.83. The number of halogens is 1. The van der Waals surface area contributed by atoms with Crippen LogP contribution < -0.4 is 5.43 Å².